The fourth-order valence-electron chi connectivity index (χ4n) is 1.52. The summed E-state index contributed by atoms with van der Waals surface area (Å²) in [5.74, 6) is -0.00120. The zero-order valence-electron chi connectivity index (χ0n) is 8.15. The summed E-state index contributed by atoms with van der Waals surface area (Å²) in [6, 6.07) is 3.05. The van der Waals surface area contributed by atoms with Crippen molar-refractivity contribution in [3.8, 4) is 5.75 Å². The van der Waals surface area contributed by atoms with Gasteiger partial charge in [0, 0.05) is 12.6 Å². The number of nitrogens with one attached hydrogen (secondary N) is 1. The van der Waals surface area contributed by atoms with Crippen molar-refractivity contribution < 1.29 is 5.11 Å². The summed E-state index contributed by atoms with van der Waals surface area (Å²) in [4.78, 5) is 14.0. The molecule has 0 aliphatic rings. The fourth-order valence-corrected chi connectivity index (χ4v) is 1.52. The van der Waals surface area contributed by atoms with E-state index in [2.05, 4.69) is 4.98 Å². The van der Waals surface area contributed by atoms with E-state index >= 15 is 0 Å². The van der Waals surface area contributed by atoms with Crippen LogP contribution in [-0.2, 0) is 6.54 Å². The van der Waals surface area contributed by atoms with E-state index in [-0.39, 0.29) is 29.5 Å². The highest BCUT2D eigenvalue weighted by molar-refractivity contribution is 5.85. The van der Waals surface area contributed by atoms with Gasteiger partial charge in [-0.15, -0.1) is 12.4 Å². The number of nitrogens with zero attached hydrogens (tertiary/aromatic N) is 1. The van der Waals surface area contributed by atoms with Gasteiger partial charge >= 0.3 is 5.69 Å². The van der Waals surface area contributed by atoms with Crippen molar-refractivity contribution in [3.05, 3.63) is 22.6 Å². The Morgan fingerprint density at radius 2 is 2.20 bits per heavy atom. The van der Waals surface area contributed by atoms with Crippen LogP contribution in [0.3, 0.4) is 0 Å². The minimum atomic E-state index is -0.187. The minimum Gasteiger partial charge on any atom is -0.506 e. The first-order valence-electron chi connectivity index (χ1n) is 4.34. The highest BCUT2D eigenvalue weighted by Crippen LogP contribution is 2.24. The van der Waals surface area contributed by atoms with E-state index in [9.17, 15) is 9.90 Å². The van der Waals surface area contributed by atoms with E-state index in [1.54, 1.807) is 6.07 Å². The predicted molar refractivity (Wildman–Crippen MR) is 61.6 cm³/mol. The van der Waals surface area contributed by atoms with Crippen LogP contribution in [0.25, 0.3) is 11.0 Å². The molecule has 6 heteroatoms. The van der Waals surface area contributed by atoms with Crippen LogP contribution in [0.1, 0.15) is 6.92 Å². The number of hydrogen-bond acceptors (Lipinski definition) is 3. The number of aryl methyl sites for hydroxylation is 1. The zero-order chi connectivity index (χ0) is 10.3. The molecule has 5 nitrogen and oxygen atoms in total. The van der Waals surface area contributed by atoms with E-state index in [1.807, 2.05) is 6.92 Å². The number of rotatable bonds is 1. The van der Waals surface area contributed by atoms with Crippen molar-refractivity contribution in [3.63, 3.8) is 0 Å². The van der Waals surface area contributed by atoms with E-state index in [0.717, 1.165) is 0 Å². The Bertz CT molecular complexity index is 544. The van der Waals surface area contributed by atoms with Crippen molar-refractivity contribution in [2.24, 2.45) is 0 Å². The lowest BCUT2D eigenvalue weighted by atomic mass is 10.2. The molecule has 2 rings (SSSR count). The molecule has 2 aromatic rings. The molecule has 0 aliphatic carbocycles. The van der Waals surface area contributed by atoms with Crippen LogP contribution in [0, 0.1) is 0 Å². The molecule has 4 N–H and O–H groups in total. The van der Waals surface area contributed by atoms with E-state index < -0.39 is 0 Å². The van der Waals surface area contributed by atoms with Gasteiger partial charge in [-0.25, -0.2) is 4.79 Å². The molecule has 0 amide bonds. The van der Waals surface area contributed by atoms with Crippen molar-refractivity contribution in [1.82, 2.24) is 9.55 Å². The molecule has 0 saturated heterocycles. The van der Waals surface area contributed by atoms with Crippen LogP contribution in [0.4, 0.5) is 5.69 Å². The number of nitrogen functional groups attached to an aromatic ring is 1. The Morgan fingerprint density at radius 3 is 2.80 bits per heavy atom. The highest BCUT2D eigenvalue weighted by atomic mass is 35.5. The smallest absolute Gasteiger partial charge is 0.326 e. The lowest BCUT2D eigenvalue weighted by Crippen LogP contribution is -2.14. The van der Waals surface area contributed by atoms with Crippen LogP contribution in [0.5, 0.6) is 5.75 Å². The Morgan fingerprint density at radius 1 is 1.53 bits per heavy atom. The largest absolute Gasteiger partial charge is 0.506 e. The molecule has 82 valence electrons. The second kappa shape index (κ2) is 3.86. The number of H-pyrrole nitrogens is 1. The SMILES string of the molecule is CCn1c(=O)[nH]c2cc(N)c(O)cc21.Cl. The van der Waals surface area contributed by atoms with Crippen LogP contribution in [0.15, 0.2) is 16.9 Å². The van der Waals surface area contributed by atoms with Gasteiger partial charge in [0.1, 0.15) is 5.75 Å². The molecule has 0 bridgehead atoms. The third-order valence-electron chi connectivity index (χ3n) is 2.24. The lowest BCUT2D eigenvalue weighted by Gasteiger charge is -2.00. The molecule has 0 aliphatic heterocycles. The van der Waals surface area contributed by atoms with Crippen LogP contribution in [0.2, 0.25) is 0 Å². The average molecular weight is 230 g/mol. The number of nitrogens with two attached hydrogens (primary N) is 1. The molecule has 0 fully saturated rings. The number of anilines is 1. The fraction of sp³-hybridized carbons (Fsp3) is 0.222. The van der Waals surface area contributed by atoms with Gasteiger partial charge < -0.3 is 15.8 Å². The van der Waals surface area contributed by atoms with Crippen molar-refractivity contribution in [2.75, 3.05) is 5.73 Å². The Balaban J connectivity index is 0.00000112. The second-order valence-corrected chi connectivity index (χ2v) is 3.10. The van der Waals surface area contributed by atoms with Gasteiger partial charge in [0.25, 0.3) is 0 Å². The first-order valence-corrected chi connectivity index (χ1v) is 4.34. The van der Waals surface area contributed by atoms with Gasteiger partial charge in [-0.05, 0) is 13.0 Å². The van der Waals surface area contributed by atoms with Gasteiger partial charge in [-0.3, -0.25) is 4.57 Å². The molecule has 0 unspecified atom stereocenters. The molecule has 1 aromatic heterocycles. The maximum Gasteiger partial charge on any atom is 0.326 e. The molecule has 0 saturated carbocycles. The van der Waals surface area contributed by atoms with Crippen molar-refractivity contribution >= 4 is 29.1 Å². The second-order valence-electron chi connectivity index (χ2n) is 3.10. The number of phenolic OH excluding ortho intramolecular Hbond substituents is 1. The normalized spacial score (nSPS) is 10.2. The standard InChI is InChI=1S/C9H11N3O2.ClH/c1-2-12-7-4-8(13)5(10)3-6(7)11-9(12)14;/h3-4,13H,2,10H2,1H3,(H,11,14);1H. The van der Waals surface area contributed by atoms with E-state index in [0.29, 0.717) is 17.6 Å². The molecule has 0 radical (unpaired) electrons. The predicted octanol–water partition coefficient (Wildman–Crippen LogP) is 1.06. The number of benzene rings is 1. The number of halogens is 1. The monoisotopic (exact) mass is 229 g/mol. The van der Waals surface area contributed by atoms with Crippen LogP contribution in [-0.4, -0.2) is 14.7 Å². The summed E-state index contributed by atoms with van der Waals surface area (Å²) in [7, 11) is 0. The quantitative estimate of drug-likeness (QED) is 0.505. The molecule has 1 heterocycles. The number of aromatic hydroxyl groups is 1. The minimum absolute atomic E-state index is 0. The Labute approximate surface area is 91.9 Å². The molecular formula is C9H12ClN3O2. The number of hydrogen-bond donors (Lipinski definition) is 3. The van der Waals surface area contributed by atoms with E-state index in [1.165, 1.54) is 10.6 Å². The zero-order valence-corrected chi connectivity index (χ0v) is 8.97. The molecule has 0 spiro atoms. The topological polar surface area (TPSA) is 84.0 Å². The number of fused-ring (bicyclic) bond motifs is 1. The van der Waals surface area contributed by atoms with Gasteiger partial charge in [0.05, 0.1) is 16.7 Å². The summed E-state index contributed by atoms with van der Waals surface area (Å²) in [6.07, 6.45) is 0. The van der Waals surface area contributed by atoms with Crippen molar-refractivity contribution in [2.45, 2.75) is 13.5 Å². The number of phenols is 1. The van der Waals surface area contributed by atoms with Crippen LogP contribution < -0.4 is 11.4 Å². The number of imidazole rings is 1. The van der Waals surface area contributed by atoms with Crippen LogP contribution >= 0.6 is 12.4 Å². The maximum atomic E-state index is 11.4. The number of aromatic nitrogens is 2. The molecule has 15 heavy (non-hydrogen) atoms. The molecular weight excluding hydrogens is 218 g/mol. The summed E-state index contributed by atoms with van der Waals surface area (Å²) in [5.41, 5.74) is 6.90. The first-order chi connectivity index (χ1) is 6.63. The third-order valence-corrected chi connectivity index (χ3v) is 2.24. The summed E-state index contributed by atoms with van der Waals surface area (Å²) < 4.78 is 1.54. The van der Waals surface area contributed by atoms with E-state index in [4.69, 9.17) is 5.73 Å². The lowest BCUT2D eigenvalue weighted by molar-refractivity contribution is 0.478. The average Bonchev–Trinajstić information content (AvgIpc) is 2.42. The first kappa shape index (κ1) is 11.5. The molecule has 1 aromatic carbocycles. The van der Waals surface area contributed by atoms with Gasteiger partial charge in [-0.1, -0.05) is 0 Å². The third kappa shape index (κ3) is 1.66. The highest BCUT2D eigenvalue weighted by Gasteiger charge is 2.07. The summed E-state index contributed by atoms with van der Waals surface area (Å²) in [6.45, 7) is 2.42. The Hall–Kier alpha value is -1.62. The number of aromatic amines is 1. The van der Waals surface area contributed by atoms with Gasteiger partial charge in [0.15, 0.2) is 0 Å². The summed E-state index contributed by atoms with van der Waals surface area (Å²) in [5, 5.41) is 9.39. The maximum absolute atomic E-state index is 11.4. The Kier molecular flexibility index (Phi) is 2.95. The van der Waals surface area contributed by atoms with Crippen molar-refractivity contribution in [1.29, 1.82) is 0 Å². The summed E-state index contributed by atoms with van der Waals surface area (Å²) >= 11 is 0. The molecule has 0 atom stereocenters. The van der Waals surface area contributed by atoms with Gasteiger partial charge in [0.2, 0.25) is 0 Å². The van der Waals surface area contributed by atoms with Gasteiger partial charge in [-0.2, -0.15) is 0 Å².